The Morgan fingerprint density at radius 2 is 1.29 bits per heavy atom. The maximum Gasteiger partial charge on any atom is 0.303 e. The third-order valence-electron chi connectivity index (χ3n) is 6.12. The zero-order valence-corrected chi connectivity index (χ0v) is 25.3. The van der Waals surface area contributed by atoms with Crippen LogP contribution in [0, 0.1) is 0 Å². The average Bonchev–Trinajstić information content (AvgIpc) is 2.97. The highest BCUT2D eigenvalue weighted by Gasteiger charge is 2.57. The molecule has 0 N–H and O–H groups in total. The van der Waals surface area contributed by atoms with Crippen molar-refractivity contribution in [2.75, 3.05) is 31.9 Å². The van der Waals surface area contributed by atoms with Crippen molar-refractivity contribution in [2.45, 2.75) is 96.0 Å². The summed E-state index contributed by atoms with van der Waals surface area (Å²) in [6.45, 7) is 4.98. The van der Waals surface area contributed by atoms with Gasteiger partial charge in [-0.3, -0.25) is 24.0 Å². The SMILES string of the molecule is CC(=O)OC[C@H]1O[C@@H]2O[C@@H]3[C@H](OC(C)=O)[C@@H](OC(C)=O)[C@H](OCCBr)O[C@@H]3COCO[C@@H]2[C@@H](OC(C)=O)[C@H]1OC(C)=O. The van der Waals surface area contributed by atoms with E-state index in [2.05, 4.69) is 15.9 Å². The van der Waals surface area contributed by atoms with Crippen LogP contribution in [0.1, 0.15) is 34.6 Å². The molecule has 0 aromatic rings. The maximum absolute atomic E-state index is 12.2. The highest BCUT2D eigenvalue weighted by Crippen LogP contribution is 2.36. The Labute approximate surface area is 249 Å². The Morgan fingerprint density at radius 1 is 0.714 bits per heavy atom. The molecule has 3 aliphatic heterocycles. The molecule has 0 aliphatic carbocycles. The van der Waals surface area contributed by atoms with Gasteiger partial charge in [0.2, 0.25) is 0 Å². The molecular formula is C25H35BrO16. The number of esters is 5. The lowest BCUT2D eigenvalue weighted by atomic mass is 9.96. The van der Waals surface area contributed by atoms with E-state index >= 15 is 0 Å². The standard InChI is InChI=1S/C25H35BrO16/c1-11(27)34-9-17-18(36-12(2)28)20(37-13(3)29)22-25(41-17)42-19-16(8-32-10-35-22)40-24(33-7-6-26)23(39-15(5)31)21(19)38-14(4)30/h16-25H,6-10H2,1-5H3/t16-,17-,18+,19+,20+,21+,22-,23-,24-,25-/m1/s1. The fourth-order valence-corrected chi connectivity index (χ4v) is 4.90. The molecule has 17 heteroatoms. The monoisotopic (exact) mass is 670 g/mol. The van der Waals surface area contributed by atoms with E-state index in [4.69, 9.17) is 52.1 Å². The normalized spacial score (nSPS) is 34.6. The molecular weight excluding hydrogens is 636 g/mol. The zero-order valence-electron chi connectivity index (χ0n) is 23.7. The smallest absolute Gasteiger partial charge is 0.303 e. The highest BCUT2D eigenvalue weighted by atomic mass is 79.9. The van der Waals surface area contributed by atoms with Crippen molar-refractivity contribution in [1.29, 1.82) is 0 Å². The largest absolute Gasteiger partial charge is 0.463 e. The topological polar surface area (TPSA) is 187 Å². The minimum atomic E-state index is -1.42. The van der Waals surface area contributed by atoms with Gasteiger partial charge in [0.25, 0.3) is 0 Å². The first-order valence-electron chi connectivity index (χ1n) is 13.1. The van der Waals surface area contributed by atoms with Gasteiger partial charge in [0, 0.05) is 39.9 Å². The molecule has 238 valence electrons. The number of ether oxygens (including phenoxy) is 11. The second-order valence-corrected chi connectivity index (χ2v) is 10.3. The van der Waals surface area contributed by atoms with Crippen LogP contribution in [0.5, 0.6) is 0 Å². The first-order chi connectivity index (χ1) is 19.9. The second-order valence-electron chi connectivity index (χ2n) is 9.47. The van der Waals surface area contributed by atoms with Crippen LogP contribution in [-0.4, -0.2) is 123 Å². The van der Waals surface area contributed by atoms with Crippen LogP contribution in [0.2, 0.25) is 0 Å². The molecule has 16 nitrogen and oxygen atoms in total. The summed E-state index contributed by atoms with van der Waals surface area (Å²) in [6.07, 6.45) is -12.4. The summed E-state index contributed by atoms with van der Waals surface area (Å²) in [6, 6.07) is 0. The van der Waals surface area contributed by atoms with E-state index in [0.717, 1.165) is 27.7 Å². The number of rotatable bonds is 9. The molecule has 0 aromatic heterocycles. The average molecular weight is 671 g/mol. The van der Waals surface area contributed by atoms with E-state index in [9.17, 15) is 24.0 Å². The van der Waals surface area contributed by atoms with Gasteiger partial charge in [-0.2, -0.15) is 0 Å². The molecule has 10 atom stereocenters. The number of halogens is 1. The van der Waals surface area contributed by atoms with E-state index < -0.39 is 97.9 Å². The van der Waals surface area contributed by atoms with Gasteiger partial charge in [0.1, 0.15) is 31.7 Å². The highest BCUT2D eigenvalue weighted by molar-refractivity contribution is 9.09. The Bertz CT molecular complexity index is 976. The van der Waals surface area contributed by atoms with Crippen LogP contribution in [-0.2, 0) is 76.1 Å². The quantitative estimate of drug-likeness (QED) is 0.179. The van der Waals surface area contributed by atoms with Crippen molar-refractivity contribution >= 4 is 45.8 Å². The molecule has 3 fully saturated rings. The maximum atomic E-state index is 12.2. The van der Waals surface area contributed by atoms with E-state index in [-0.39, 0.29) is 20.0 Å². The molecule has 42 heavy (non-hydrogen) atoms. The number of carbonyl (C=O) groups is 5. The molecule has 0 amide bonds. The second kappa shape index (κ2) is 15.9. The molecule has 0 spiro atoms. The van der Waals surface area contributed by atoms with Gasteiger partial charge >= 0.3 is 29.8 Å². The number of hydrogen-bond acceptors (Lipinski definition) is 16. The fourth-order valence-electron chi connectivity index (χ4n) is 4.72. The van der Waals surface area contributed by atoms with Crippen molar-refractivity contribution in [3.8, 4) is 0 Å². The van der Waals surface area contributed by atoms with Crippen molar-refractivity contribution in [3.63, 3.8) is 0 Å². The first kappa shape index (κ1) is 34.1. The van der Waals surface area contributed by atoms with E-state index in [1.807, 2.05) is 0 Å². The Kier molecular flexibility index (Phi) is 12.9. The third kappa shape index (κ3) is 9.29. The summed E-state index contributed by atoms with van der Waals surface area (Å²) in [4.78, 5) is 60.0. The van der Waals surface area contributed by atoms with Crippen molar-refractivity contribution in [3.05, 3.63) is 0 Å². The minimum absolute atomic E-state index is 0.157. The van der Waals surface area contributed by atoms with Crippen molar-refractivity contribution in [2.24, 2.45) is 0 Å². The molecule has 3 heterocycles. The van der Waals surface area contributed by atoms with Crippen LogP contribution in [0.4, 0.5) is 0 Å². The van der Waals surface area contributed by atoms with Crippen LogP contribution >= 0.6 is 15.9 Å². The number of hydrogen-bond donors (Lipinski definition) is 0. The lowest BCUT2D eigenvalue weighted by molar-refractivity contribution is -0.357. The summed E-state index contributed by atoms with van der Waals surface area (Å²) in [5.41, 5.74) is 0. The molecule has 3 aliphatic rings. The Balaban J connectivity index is 2.04. The summed E-state index contributed by atoms with van der Waals surface area (Å²) in [7, 11) is 0. The number of fused-ring (bicyclic) bond motifs is 2. The van der Waals surface area contributed by atoms with Crippen molar-refractivity contribution < 1.29 is 76.1 Å². The zero-order chi connectivity index (χ0) is 31.0. The molecule has 0 radical (unpaired) electrons. The van der Waals surface area contributed by atoms with Crippen LogP contribution < -0.4 is 0 Å². The lowest BCUT2D eigenvalue weighted by Gasteiger charge is -2.48. The number of alkyl halides is 1. The molecule has 0 unspecified atom stereocenters. The molecule has 0 saturated carbocycles. The first-order valence-corrected chi connectivity index (χ1v) is 14.2. The molecule has 3 rings (SSSR count). The molecule has 3 saturated heterocycles. The predicted molar refractivity (Wildman–Crippen MR) is 136 cm³/mol. The predicted octanol–water partition coefficient (Wildman–Crippen LogP) is -0.104. The Morgan fingerprint density at radius 3 is 1.86 bits per heavy atom. The van der Waals surface area contributed by atoms with Crippen LogP contribution in [0.25, 0.3) is 0 Å². The molecule has 0 bridgehead atoms. The van der Waals surface area contributed by atoms with E-state index in [1.54, 1.807) is 0 Å². The summed E-state index contributed by atoms with van der Waals surface area (Å²) >= 11 is 3.26. The Hall–Kier alpha value is -2.41. The van der Waals surface area contributed by atoms with Crippen LogP contribution in [0.15, 0.2) is 0 Å². The van der Waals surface area contributed by atoms with E-state index in [1.165, 1.54) is 6.92 Å². The van der Waals surface area contributed by atoms with Gasteiger partial charge in [0.05, 0.1) is 13.2 Å². The van der Waals surface area contributed by atoms with Gasteiger partial charge in [0.15, 0.2) is 43.1 Å². The number of carbonyl (C=O) groups excluding carboxylic acids is 5. The van der Waals surface area contributed by atoms with Gasteiger partial charge < -0.3 is 52.1 Å². The summed E-state index contributed by atoms with van der Waals surface area (Å²) in [5, 5.41) is 0.426. The van der Waals surface area contributed by atoms with Gasteiger partial charge in [-0.1, -0.05) is 15.9 Å². The summed E-state index contributed by atoms with van der Waals surface area (Å²) in [5.74, 6) is -3.56. The van der Waals surface area contributed by atoms with Gasteiger partial charge in [-0.25, -0.2) is 0 Å². The van der Waals surface area contributed by atoms with E-state index in [0.29, 0.717) is 5.33 Å². The van der Waals surface area contributed by atoms with Gasteiger partial charge in [-0.05, 0) is 0 Å². The summed E-state index contributed by atoms with van der Waals surface area (Å²) < 4.78 is 62.7. The van der Waals surface area contributed by atoms with Crippen molar-refractivity contribution in [1.82, 2.24) is 0 Å². The fraction of sp³-hybridized carbons (Fsp3) is 0.800. The minimum Gasteiger partial charge on any atom is -0.463 e. The lowest BCUT2D eigenvalue weighted by Crippen LogP contribution is -2.66. The third-order valence-corrected chi connectivity index (χ3v) is 6.44. The molecule has 0 aromatic carbocycles. The van der Waals surface area contributed by atoms with Crippen LogP contribution in [0.3, 0.4) is 0 Å². The van der Waals surface area contributed by atoms with Gasteiger partial charge in [-0.15, -0.1) is 0 Å².